The Morgan fingerprint density at radius 1 is 1.42 bits per heavy atom. The van der Waals surface area contributed by atoms with Crippen LogP contribution in [0, 0.1) is 5.82 Å². The number of aromatic nitrogens is 2. The Balaban J connectivity index is 1.82. The van der Waals surface area contributed by atoms with Gasteiger partial charge in [0.05, 0.1) is 0 Å². The number of hydrogen-bond donors (Lipinski definition) is 1. The molecule has 0 saturated carbocycles. The Bertz CT molecular complexity index is 556. The third-order valence-corrected chi connectivity index (χ3v) is 4.08. The van der Waals surface area contributed by atoms with Crippen molar-refractivity contribution in [1.82, 2.24) is 14.7 Å². The molecule has 0 aliphatic carbocycles. The van der Waals surface area contributed by atoms with Gasteiger partial charge in [-0.1, -0.05) is 11.8 Å². The first-order valence-corrected chi connectivity index (χ1v) is 7.59. The van der Waals surface area contributed by atoms with Crippen molar-refractivity contribution in [3.63, 3.8) is 0 Å². The van der Waals surface area contributed by atoms with E-state index in [1.54, 1.807) is 11.8 Å². The van der Waals surface area contributed by atoms with E-state index in [0.717, 1.165) is 10.2 Å². The molecule has 7 heteroatoms. The van der Waals surface area contributed by atoms with Crippen LogP contribution in [0.15, 0.2) is 28.6 Å². The topological polar surface area (TPSA) is 54.9 Å². The van der Waals surface area contributed by atoms with Crippen molar-refractivity contribution < 1.29 is 9.18 Å². The fourth-order valence-corrected chi connectivity index (χ4v) is 2.48. The van der Waals surface area contributed by atoms with Crippen LogP contribution in [-0.4, -0.2) is 28.1 Å². The summed E-state index contributed by atoms with van der Waals surface area (Å²) in [4.78, 5) is 16.0. The van der Waals surface area contributed by atoms with E-state index in [4.69, 9.17) is 0 Å². The van der Waals surface area contributed by atoms with E-state index >= 15 is 0 Å². The number of thioether (sulfide) groups is 1. The first kappa shape index (κ1) is 14.0. The number of amides is 1. The monoisotopic (exact) mass is 297 g/mol. The molecule has 0 radical (unpaired) electrons. The molecule has 1 heterocycles. The van der Waals surface area contributed by atoms with Gasteiger partial charge in [-0.05, 0) is 42.1 Å². The van der Waals surface area contributed by atoms with Crippen molar-refractivity contribution in [1.29, 1.82) is 0 Å². The predicted molar refractivity (Wildman–Crippen MR) is 74.1 cm³/mol. The quantitative estimate of drug-likeness (QED) is 0.861. The van der Waals surface area contributed by atoms with Gasteiger partial charge in [-0.25, -0.2) is 9.37 Å². The lowest BCUT2D eigenvalue weighted by Gasteiger charge is -2.03. The van der Waals surface area contributed by atoms with Crippen molar-refractivity contribution in [3.8, 4) is 0 Å². The highest BCUT2D eigenvalue weighted by atomic mass is 32.2. The van der Waals surface area contributed by atoms with Gasteiger partial charge in [-0.3, -0.25) is 4.79 Å². The minimum Gasteiger partial charge on any atom is -0.352 e. The molecule has 0 aliphatic heterocycles. The Hall–Kier alpha value is -1.47. The van der Waals surface area contributed by atoms with E-state index in [9.17, 15) is 9.18 Å². The fraction of sp³-hybridized carbons (Fsp3) is 0.250. The molecule has 4 nitrogen and oxygen atoms in total. The standard InChI is InChI=1S/C12H12FN3OS2/c1-18-12-15-10(16-19-12)6-7-14-11(17)8-2-4-9(13)5-3-8/h2-5H,6-7H2,1H3,(H,14,17). The molecule has 1 aromatic heterocycles. The van der Waals surface area contributed by atoms with Gasteiger partial charge in [0, 0.05) is 18.5 Å². The lowest BCUT2D eigenvalue weighted by atomic mass is 10.2. The molecule has 100 valence electrons. The summed E-state index contributed by atoms with van der Waals surface area (Å²) in [5, 5.41) is 2.75. The molecule has 0 aliphatic rings. The Morgan fingerprint density at radius 3 is 2.79 bits per heavy atom. The molecule has 1 amide bonds. The van der Waals surface area contributed by atoms with Crippen LogP contribution in [0.4, 0.5) is 4.39 Å². The van der Waals surface area contributed by atoms with Crippen LogP contribution in [0.25, 0.3) is 0 Å². The molecule has 19 heavy (non-hydrogen) atoms. The number of halogens is 1. The maximum atomic E-state index is 12.7. The first-order chi connectivity index (χ1) is 9.19. The summed E-state index contributed by atoms with van der Waals surface area (Å²) < 4.78 is 17.8. The summed E-state index contributed by atoms with van der Waals surface area (Å²) >= 11 is 2.90. The number of rotatable bonds is 5. The van der Waals surface area contributed by atoms with E-state index in [-0.39, 0.29) is 11.7 Å². The van der Waals surface area contributed by atoms with Crippen molar-refractivity contribution in [2.45, 2.75) is 10.8 Å². The molecule has 1 N–H and O–H groups in total. The number of carbonyl (C=O) groups excluding carboxylic acids is 1. The minimum absolute atomic E-state index is 0.222. The van der Waals surface area contributed by atoms with Crippen LogP contribution in [0.3, 0.4) is 0 Å². The highest BCUT2D eigenvalue weighted by Gasteiger charge is 2.06. The van der Waals surface area contributed by atoms with Gasteiger partial charge in [-0.15, -0.1) is 0 Å². The normalized spacial score (nSPS) is 10.4. The maximum absolute atomic E-state index is 12.7. The van der Waals surface area contributed by atoms with Crippen LogP contribution in [0.2, 0.25) is 0 Å². The van der Waals surface area contributed by atoms with Gasteiger partial charge in [0.15, 0.2) is 4.34 Å². The van der Waals surface area contributed by atoms with Crippen LogP contribution in [-0.2, 0) is 6.42 Å². The van der Waals surface area contributed by atoms with Crippen LogP contribution in [0.1, 0.15) is 16.2 Å². The van der Waals surface area contributed by atoms with Crippen molar-refractivity contribution in [2.75, 3.05) is 12.8 Å². The van der Waals surface area contributed by atoms with E-state index in [1.807, 2.05) is 6.26 Å². The van der Waals surface area contributed by atoms with Crippen molar-refractivity contribution >= 4 is 29.2 Å². The summed E-state index contributed by atoms with van der Waals surface area (Å²) in [6.45, 7) is 0.459. The molecule has 0 saturated heterocycles. The lowest BCUT2D eigenvalue weighted by molar-refractivity contribution is 0.0954. The molecule has 0 unspecified atom stereocenters. The maximum Gasteiger partial charge on any atom is 0.251 e. The molecule has 0 spiro atoms. The van der Waals surface area contributed by atoms with E-state index in [1.165, 1.54) is 35.8 Å². The second-order valence-electron chi connectivity index (χ2n) is 3.69. The summed E-state index contributed by atoms with van der Waals surface area (Å²) in [5.74, 6) is 0.155. The molecule has 2 aromatic rings. The molecule has 0 fully saturated rings. The average molecular weight is 297 g/mol. The molecule has 0 bridgehead atoms. The molecular formula is C12H12FN3OS2. The summed E-state index contributed by atoms with van der Waals surface area (Å²) in [7, 11) is 0. The summed E-state index contributed by atoms with van der Waals surface area (Å²) in [5.41, 5.74) is 0.442. The second-order valence-corrected chi connectivity index (χ2v) is 5.50. The number of carbonyl (C=O) groups is 1. The fourth-order valence-electron chi connectivity index (χ4n) is 1.41. The van der Waals surface area contributed by atoms with Gasteiger partial charge in [0.2, 0.25) is 0 Å². The molecular weight excluding hydrogens is 285 g/mol. The van der Waals surface area contributed by atoms with E-state index in [0.29, 0.717) is 18.5 Å². The predicted octanol–water partition coefficient (Wildman–Crippen LogP) is 2.37. The van der Waals surface area contributed by atoms with Gasteiger partial charge in [0.1, 0.15) is 11.6 Å². The Labute approximate surface area is 118 Å². The smallest absolute Gasteiger partial charge is 0.251 e. The Morgan fingerprint density at radius 2 is 2.16 bits per heavy atom. The van der Waals surface area contributed by atoms with Crippen molar-refractivity contribution in [2.24, 2.45) is 0 Å². The SMILES string of the molecule is CSc1nc(CCNC(=O)c2ccc(F)cc2)ns1. The van der Waals surface area contributed by atoms with Gasteiger partial charge < -0.3 is 5.32 Å². The first-order valence-electron chi connectivity index (χ1n) is 5.59. The van der Waals surface area contributed by atoms with Gasteiger partial charge >= 0.3 is 0 Å². The number of hydrogen-bond acceptors (Lipinski definition) is 5. The third-order valence-electron chi connectivity index (χ3n) is 2.36. The average Bonchev–Trinajstić information content (AvgIpc) is 2.87. The second kappa shape index (κ2) is 6.63. The summed E-state index contributed by atoms with van der Waals surface area (Å²) in [6.07, 6.45) is 2.53. The van der Waals surface area contributed by atoms with Crippen LogP contribution in [0.5, 0.6) is 0 Å². The zero-order valence-electron chi connectivity index (χ0n) is 10.2. The van der Waals surface area contributed by atoms with Gasteiger partial charge in [0.25, 0.3) is 5.91 Å². The van der Waals surface area contributed by atoms with Crippen LogP contribution < -0.4 is 5.32 Å². The lowest BCUT2D eigenvalue weighted by Crippen LogP contribution is -2.25. The highest BCUT2D eigenvalue weighted by Crippen LogP contribution is 2.16. The summed E-state index contributed by atoms with van der Waals surface area (Å²) in [6, 6.07) is 5.44. The Kier molecular flexibility index (Phi) is 4.86. The molecule has 2 rings (SSSR count). The van der Waals surface area contributed by atoms with Crippen molar-refractivity contribution in [3.05, 3.63) is 41.5 Å². The minimum atomic E-state index is -0.354. The highest BCUT2D eigenvalue weighted by molar-refractivity contribution is 8.00. The van der Waals surface area contributed by atoms with Crippen LogP contribution >= 0.6 is 23.3 Å². The van der Waals surface area contributed by atoms with Gasteiger partial charge in [-0.2, -0.15) is 4.37 Å². The zero-order chi connectivity index (χ0) is 13.7. The number of nitrogens with one attached hydrogen (secondary N) is 1. The zero-order valence-corrected chi connectivity index (χ0v) is 11.9. The largest absolute Gasteiger partial charge is 0.352 e. The third kappa shape index (κ3) is 4.00. The number of benzene rings is 1. The van der Waals surface area contributed by atoms with E-state index < -0.39 is 0 Å². The van der Waals surface area contributed by atoms with E-state index in [2.05, 4.69) is 14.7 Å². The number of nitrogens with zero attached hydrogens (tertiary/aromatic N) is 2. The molecule has 1 aromatic carbocycles. The molecule has 0 atom stereocenters.